The Bertz CT molecular complexity index is 2730. The van der Waals surface area contributed by atoms with Gasteiger partial charge in [-0.05, 0) is 97.0 Å². The van der Waals surface area contributed by atoms with Crippen LogP contribution in [0.15, 0.2) is 95.9 Å². The number of pyridine rings is 2. The third kappa shape index (κ3) is 9.17. The van der Waals surface area contributed by atoms with Crippen LogP contribution < -0.4 is 14.4 Å². The van der Waals surface area contributed by atoms with Gasteiger partial charge in [-0.1, -0.05) is 54.8 Å². The van der Waals surface area contributed by atoms with Crippen molar-refractivity contribution in [3.8, 4) is 11.5 Å². The van der Waals surface area contributed by atoms with Crippen molar-refractivity contribution in [2.45, 2.75) is 57.4 Å². The molecule has 0 radical (unpaired) electrons. The number of carbonyl (C=O) groups is 1. The topological polar surface area (TPSA) is 135 Å². The van der Waals surface area contributed by atoms with E-state index >= 15 is 0 Å². The number of benzene rings is 2. The Kier molecular flexibility index (Phi) is 11.6. The van der Waals surface area contributed by atoms with Crippen LogP contribution in [0.25, 0.3) is 27.6 Å². The van der Waals surface area contributed by atoms with E-state index < -0.39 is 15.9 Å². The quantitative estimate of drug-likeness (QED) is 0.131. The van der Waals surface area contributed by atoms with Gasteiger partial charge < -0.3 is 23.9 Å². The zero-order valence-corrected chi connectivity index (χ0v) is 36.6. The highest BCUT2D eigenvalue weighted by molar-refractivity contribution is 7.90. The number of anilines is 1. The number of fused-ring (bicyclic) bond motifs is 2. The van der Waals surface area contributed by atoms with Crippen LogP contribution in [0.4, 0.5) is 5.69 Å². The molecule has 2 saturated heterocycles. The minimum Gasteiger partial charge on any atom is -0.455 e. The number of allylic oxidation sites excluding steroid dienone is 1. The van der Waals surface area contributed by atoms with Gasteiger partial charge in [-0.15, -0.1) is 0 Å². The Hall–Kier alpha value is -4.92. The molecule has 6 aromatic rings. The molecule has 2 N–H and O–H groups in total. The van der Waals surface area contributed by atoms with Crippen molar-refractivity contribution < 1.29 is 22.7 Å². The highest BCUT2D eigenvalue weighted by atomic mass is 35.5. The summed E-state index contributed by atoms with van der Waals surface area (Å²) in [4.78, 5) is 30.6. The largest absolute Gasteiger partial charge is 0.455 e. The highest BCUT2D eigenvalue weighted by Crippen LogP contribution is 2.43. The van der Waals surface area contributed by atoms with Crippen LogP contribution in [0, 0.1) is 11.3 Å². The lowest BCUT2D eigenvalue weighted by Gasteiger charge is -2.39. The van der Waals surface area contributed by atoms with E-state index in [9.17, 15) is 13.2 Å². The summed E-state index contributed by atoms with van der Waals surface area (Å²) in [6.45, 7) is 11.0. The predicted octanol–water partition coefficient (Wildman–Crippen LogP) is 9.34. The normalized spacial score (nSPS) is 17.9. The van der Waals surface area contributed by atoms with E-state index in [1.807, 2.05) is 34.9 Å². The van der Waals surface area contributed by atoms with Crippen LogP contribution in [0.3, 0.4) is 0 Å². The maximum atomic E-state index is 14.0. The number of piperazine rings is 1. The first kappa shape index (κ1) is 41.4. The van der Waals surface area contributed by atoms with Gasteiger partial charge in [0.05, 0.1) is 16.8 Å². The molecule has 0 saturated carbocycles. The number of aromatic amines is 1. The number of rotatable bonds is 11. The minimum atomic E-state index is -4.37. The smallest absolute Gasteiger partial charge is 0.268 e. The molecule has 1 aliphatic carbocycles. The molecule has 3 aliphatic rings. The number of hydrogen-bond acceptors (Lipinski definition) is 9. The molecule has 0 unspecified atom stereocenters. The number of H-pyrrole nitrogens is 1. The van der Waals surface area contributed by atoms with Crippen LogP contribution in [0.1, 0.15) is 61.9 Å². The summed E-state index contributed by atoms with van der Waals surface area (Å²) in [5.74, 6) is 0.172. The first-order valence-corrected chi connectivity index (χ1v) is 23.1. The van der Waals surface area contributed by atoms with Crippen molar-refractivity contribution in [1.29, 1.82) is 0 Å². The summed E-state index contributed by atoms with van der Waals surface area (Å²) in [7, 11) is -4.37. The van der Waals surface area contributed by atoms with Gasteiger partial charge in [0.1, 0.15) is 27.7 Å². The van der Waals surface area contributed by atoms with Gasteiger partial charge in [-0.3, -0.25) is 9.69 Å². The summed E-state index contributed by atoms with van der Waals surface area (Å²) in [5.41, 5.74) is 6.61. The van der Waals surface area contributed by atoms with Crippen molar-refractivity contribution in [2.24, 2.45) is 11.3 Å². The third-order valence-corrected chi connectivity index (χ3v) is 14.2. The van der Waals surface area contributed by atoms with Gasteiger partial charge in [-0.2, -0.15) is 0 Å². The average molecular weight is 883 g/mol. The number of aromatic nitrogens is 4. The minimum absolute atomic E-state index is 0.0525. The number of amides is 1. The summed E-state index contributed by atoms with van der Waals surface area (Å²) >= 11 is 12.9. The standard InChI is InChI=1S/C46H49Cl2N7O5S/c1-46(2)13-9-33(40(24-46)31-3-5-34(47)6-4-31)28-53-15-17-54(18-16-53)35-7-8-38(42(22-35)60-36-21-32-10-14-49-43(32)50-25-36)45(56)52-61(57,58)37-23-39-41(48)29-55(44(39)51-26-37)27-30-11-19-59-20-12-30/h3-8,10,14,21-23,25-26,29-30H,9,11-13,15-20,24,27-28H2,1-2H3,(H,49,50)(H,52,56). The molecule has 6 heterocycles. The summed E-state index contributed by atoms with van der Waals surface area (Å²) < 4.78 is 43.7. The van der Waals surface area contributed by atoms with Crippen molar-refractivity contribution in [1.82, 2.24) is 29.1 Å². The van der Waals surface area contributed by atoms with Gasteiger partial charge in [-0.25, -0.2) is 23.1 Å². The molecule has 0 atom stereocenters. The SMILES string of the molecule is CC1(C)CCC(CN2CCN(c3ccc(C(=O)NS(=O)(=O)c4cnc5c(c4)c(Cl)cn5CC4CCOCC4)c(Oc4cnc5[nH]ccc5c4)c3)CC2)=C(c2ccc(Cl)cc2)C1. The molecule has 9 rings (SSSR count). The molecule has 12 nitrogen and oxygen atoms in total. The van der Waals surface area contributed by atoms with Gasteiger partial charge in [0.15, 0.2) is 0 Å². The molecule has 61 heavy (non-hydrogen) atoms. The lowest BCUT2D eigenvalue weighted by Crippen LogP contribution is -2.47. The number of hydrogen-bond donors (Lipinski definition) is 2. The highest BCUT2D eigenvalue weighted by Gasteiger charge is 2.30. The molecule has 1 amide bonds. The van der Waals surface area contributed by atoms with Crippen LogP contribution >= 0.6 is 23.2 Å². The zero-order valence-electron chi connectivity index (χ0n) is 34.3. The average Bonchev–Trinajstić information content (AvgIpc) is 3.85. The van der Waals surface area contributed by atoms with E-state index in [1.165, 1.54) is 29.0 Å². The number of sulfonamides is 1. The van der Waals surface area contributed by atoms with Crippen molar-refractivity contribution >= 4 is 72.5 Å². The molecule has 15 heteroatoms. The van der Waals surface area contributed by atoms with E-state index in [-0.39, 0.29) is 21.6 Å². The van der Waals surface area contributed by atoms with Gasteiger partial charge in [0.25, 0.3) is 15.9 Å². The lowest BCUT2D eigenvalue weighted by atomic mass is 9.72. The van der Waals surface area contributed by atoms with E-state index in [0.717, 1.165) is 80.9 Å². The van der Waals surface area contributed by atoms with Crippen molar-refractivity contribution in [3.05, 3.63) is 112 Å². The fourth-order valence-corrected chi connectivity index (χ4v) is 10.1. The van der Waals surface area contributed by atoms with E-state index in [1.54, 1.807) is 30.7 Å². The van der Waals surface area contributed by atoms with Crippen LogP contribution in [-0.4, -0.2) is 84.7 Å². The van der Waals surface area contributed by atoms with E-state index in [0.29, 0.717) is 53.1 Å². The monoisotopic (exact) mass is 881 g/mol. The molecule has 2 aromatic carbocycles. The Morgan fingerprint density at radius 3 is 2.56 bits per heavy atom. The molecule has 318 valence electrons. The number of halogens is 2. The second-order valence-corrected chi connectivity index (χ2v) is 19.8. The molecular weight excluding hydrogens is 834 g/mol. The van der Waals surface area contributed by atoms with E-state index in [2.05, 4.69) is 55.5 Å². The molecule has 2 fully saturated rings. The van der Waals surface area contributed by atoms with Crippen molar-refractivity contribution in [2.75, 3.05) is 50.8 Å². The number of carbonyl (C=O) groups excluding carboxylic acids is 1. The van der Waals surface area contributed by atoms with Crippen LogP contribution in [0.5, 0.6) is 11.5 Å². The molecular formula is C46H49Cl2N7O5S. The Morgan fingerprint density at radius 2 is 1.77 bits per heavy atom. The molecule has 4 aromatic heterocycles. The fourth-order valence-electron chi connectivity index (χ4n) is 8.82. The molecule has 2 aliphatic heterocycles. The van der Waals surface area contributed by atoms with Gasteiger partial charge in [0.2, 0.25) is 0 Å². The second-order valence-electron chi connectivity index (χ2n) is 17.2. The first-order chi connectivity index (χ1) is 29.4. The summed E-state index contributed by atoms with van der Waals surface area (Å²) in [5, 5.41) is 2.45. The fraction of sp³-hybridized carbons (Fsp3) is 0.370. The second kappa shape index (κ2) is 17.1. The first-order valence-electron chi connectivity index (χ1n) is 20.9. The zero-order chi connectivity index (χ0) is 42.3. The van der Waals surface area contributed by atoms with Crippen LogP contribution in [-0.2, 0) is 21.3 Å². The van der Waals surface area contributed by atoms with Crippen LogP contribution in [0.2, 0.25) is 10.0 Å². The molecule has 0 bridgehead atoms. The number of nitrogens with zero attached hydrogens (tertiary/aromatic N) is 5. The number of ether oxygens (including phenoxy) is 2. The Labute approximate surface area is 365 Å². The predicted molar refractivity (Wildman–Crippen MR) is 240 cm³/mol. The number of nitrogens with one attached hydrogen (secondary N) is 2. The maximum Gasteiger partial charge on any atom is 0.268 e. The van der Waals surface area contributed by atoms with Gasteiger partial charge in [0, 0.05) is 98.6 Å². The Morgan fingerprint density at radius 1 is 0.984 bits per heavy atom. The van der Waals surface area contributed by atoms with Gasteiger partial charge >= 0.3 is 0 Å². The van der Waals surface area contributed by atoms with E-state index in [4.69, 9.17) is 32.7 Å². The summed E-state index contributed by atoms with van der Waals surface area (Å²) in [6, 6.07) is 18.7. The summed E-state index contributed by atoms with van der Waals surface area (Å²) in [6.07, 6.45) is 11.5. The Balaban J connectivity index is 0.939. The van der Waals surface area contributed by atoms with Crippen molar-refractivity contribution in [3.63, 3.8) is 0 Å². The lowest BCUT2D eigenvalue weighted by molar-refractivity contribution is 0.0616. The maximum absolute atomic E-state index is 14.0. The molecule has 0 spiro atoms. The third-order valence-electron chi connectivity index (χ3n) is 12.3.